The molecular weight excluding hydrogens is 896 g/mol. The first-order valence-corrected chi connectivity index (χ1v) is 20.5. The number of methoxy groups -OCH3 is 2. The third-order valence-corrected chi connectivity index (χ3v) is 11.5. The number of carbonyl (C=O) groups excluding carboxylic acids is 4. The quantitative estimate of drug-likeness (QED) is 0.0414. The summed E-state index contributed by atoms with van der Waals surface area (Å²) in [5, 5.41) is 113. The van der Waals surface area contributed by atoms with E-state index in [0.29, 0.717) is 0 Å². The highest BCUT2D eigenvalue weighted by Gasteiger charge is 2.50. The van der Waals surface area contributed by atoms with Gasteiger partial charge in [0.15, 0.2) is 12.6 Å². The van der Waals surface area contributed by atoms with Crippen LogP contribution < -0.4 is 0 Å². The van der Waals surface area contributed by atoms with Crippen molar-refractivity contribution >= 4 is 23.9 Å². The van der Waals surface area contributed by atoms with Crippen molar-refractivity contribution in [3.8, 4) is 0 Å². The first kappa shape index (κ1) is 52.8. The Morgan fingerprint density at radius 3 is 1.32 bits per heavy atom. The summed E-state index contributed by atoms with van der Waals surface area (Å²) in [6.45, 7) is 0.611. The number of aliphatic hydroxyl groups is 11. The molecule has 0 aliphatic carbocycles. The monoisotopic (exact) mass is 952 g/mol. The minimum Gasteiger partial charge on any atom is -0.468 e. The Bertz CT molecular complexity index is 1830. The van der Waals surface area contributed by atoms with Crippen molar-refractivity contribution in [3.05, 3.63) is 47.0 Å². The molecule has 26 nitrogen and oxygen atoms in total. The summed E-state index contributed by atoms with van der Waals surface area (Å²) in [5.41, 5.74) is -0.282. The zero-order valence-corrected chi connectivity index (χ0v) is 35.9. The molecule has 66 heavy (non-hydrogen) atoms. The average Bonchev–Trinajstić information content (AvgIpc) is 3.31. The minimum atomic E-state index is -2.07. The Morgan fingerprint density at radius 2 is 0.924 bits per heavy atom. The highest BCUT2D eigenvalue weighted by atomic mass is 16.8. The maximum Gasteiger partial charge on any atom is 0.337 e. The van der Waals surface area contributed by atoms with Gasteiger partial charge < -0.3 is 108 Å². The van der Waals surface area contributed by atoms with E-state index >= 15 is 0 Å². The van der Waals surface area contributed by atoms with Crippen molar-refractivity contribution in [2.45, 2.75) is 131 Å². The lowest BCUT2D eigenvalue weighted by Gasteiger charge is -2.42. The van der Waals surface area contributed by atoms with Crippen molar-refractivity contribution in [2.24, 2.45) is 11.8 Å². The Hall–Kier alpha value is -4.20. The van der Waals surface area contributed by atoms with Crippen LogP contribution in [0.3, 0.4) is 0 Å². The zero-order chi connectivity index (χ0) is 48.7. The van der Waals surface area contributed by atoms with Crippen LogP contribution in [0.2, 0.25) is 0 Å². The zero-order valence-electron chi connectivity index (χ0n) is 35.9. The highest BCUT2D eigenvalue weighted by Crippen LogP contribution is 2.38. The van der Waals surface area contributed by atoms with E-state index < -0.39 is 173 Å². The van der Waals surface area contributed by atoms with Gasteiger partial charge in [-0.15, -0.1) is 0 Å². The summed E-state index contributed by atoms with van der Waals surface area (Å²) in [4.78, 5) is 52.5. The van der Waals surface area contributed by atoms with E-state index in [1.165, 1.54) is 26.0 Å². The topological polar surface area (TPSA) is 392 Å². The molecule has 0 aromatic heterocycles. The van der Waals surface area contributed by atoms with Crippen LogP contribution in [0, 0.1) is 11.8 Å². The molecule has 26 heteroatoms. The fourth-order valence-electron chi connectivity index (χ4n) is 7.75. The largest absolute Gasteiger partial charge is 0.468 e. The summed E-state index contributed by atoms with van der Waals surface area (Å²) in [6.07, 6.45) is -26.2. The number of rotatable bonds is 15. The molecule has 372 valence electrons. The molecule has 19 atom stereocenters. The number of allylic oxidation sites excluding steroid dienone is 2. The van der Waals surface area contributed by atoms with Crippen molar-refractivity contribution < 1.29 is 127 Å². The van der Waals surface area contributed by atoms with Gasteiger partial charge in [0.05, 0.1) is 63.9 Å². The van der Waals surface area contributed by atoms with Crippen LogP contribution >= 0.6 is 0 Å². The molecule has 5 aliphatic heterocycles. The van der Waals surface area contributed by atoms with Gasteiger partial charge in [-0.3, -0.25) is 9.59 Å². The van der Waals surface area contributed by atoms with Crippen molar-refractivity contribution in [1.29, 1.82) is 0 Å². The van der Waals surface area contributed by atoms with E-state index in [4.69, 9.17) is 52.1 Å². The molecule has 0 bridgehead atoms. The minimum absolute atomic E-state index is 0.0553. The molecule has 5 rings (SSSR count). The Balaban J connectivity index is 1.25. The van der Waals surface area contributed by atoms with Crippen LogP contribution in [-0.4, -0.2) is 219 Å². The molecule has 0 aromatic carbocycles. The van der Waals surface area contributed by atoms with Crippen LogP contribution in [-0.2, 0) is 71.3 Å². The van der Waals surface area contributed by atoms with Crippen molar-refractivity contribution in [1.82, 2.24) is 0 Å². The molecule has 0 saturated carbocycles. The van der Waals surface area contributed by atoms with Crippen LogP contribution in [0.25, 0.3) is 0 Å². The summed E-state index contributed by atoms with van der Waals surface area (Å²) in [5.74, 6) is -6.57. The first-order valence-electron chi connectivity index (χ1n) is 20.5. The van der Waals surface area contributed by atoms with Crippen LogP contribution in [0.5, 0.6) is 0 Å². The van der Waals surface area contributed by atoms with E-state index in [1.807, 2.05) is 0 Å². The molecule has 0 spiro atoms. The van der Waals surface area contributed by atoms with E-state index in [2.05, 4.69) is 0 Å². The normalized spacial score (nSPS) is 40.6. The van der Waals surface area contributed by atoms with Gasteiger partial charge in [0, 0.05) is 23.0 Å². The molecule has 0 radical (unpaired) electrons. The molecule has 0 unspecified atom stereocenters. The van der Waals surface area contributed by atoms with Gasteiger partial charge in [-0.1, -0.05) is 12.2 Å². The molecule has 0 amide bonds. The second kappa shape index (κ2) is 23.2. The lowest BCUT2D eigenvalue weighted by atomic mass is 9.86. The number of carbonyl (C=O) groups is 4. The van der Waals surface area contributed by atoms with Gasteiger partial charge in [-0.05, 0) is 13.8 Å². The van der Waals surface area contributed by atoms with Gasteiger partial charge >= 0.3 is 23.9 Å². The van der Waals surface area contributed by atoms with Crippen LogP contribution in [0.4, 0.5) is 0 Å². The summed E-state index contributed by atoms with van der Waals surface area (Å²) in [7, 11) is 2.11. The SMILES string of the molecule is C/C=C1/[C@H](O[C@@H]2O[C@H](CO)[C@@H](O)[C@H](O)[C@H]2O)OC=C(C(=O)OC)[C@H]1CC(=O)OC[C@H]1O[C@@H](OC(=O)C[C@@H]2C(C(=O)OC)=CO[C@@H](O[C@@H]3O[C@H](CO)[C@@H](O)[C@H](O)[C@H]3O)/C2=C/C)[C@H](O)[C@@H](O)[C@@H]1O. The predicted octanol–water partition coefficient (Wildman–Crippen LogP) is -5.75. The predicted molar refractivity (Wildman–Crippen MR) is 207 cm³/mol. The van der Waals surface area contributed by atoms with Gasteiger partial charge in [0.25, 0.3) is 0 Å². The first-order chi connectivity index (χ1) is 31.3. The van der Waals surface area contributed by atoms with E-state index in [0.717, 1.165) is 26.7 Å². The lowest BCUT2D eigenvalue weighted by Crippen LogP contribution is -2.60. The third kappa shape index (κ3) is 11.4. The third-order valence-electron chi connectivity index (χ3n) is 11.5. The van der Waals surface area contributed by atoms with E-state index in [9.17, 15) is 75.3 Å². The van der Waals surface area contributed by atoms with Crippen molar-refractivity contribution in [3.63, 3.8) is 0 Å². The maximum absolute atomic E-state index is 13.5. The second-order valence-corrected chi connectivity index (χ2v) is 15.5. The van der Waals surface area contributed by atoms with E-state index in [1.54, 1.807) is 0 Å². The number of hydrogen-bond acceptors (Lipinski definition) is 26. The molecule has 3 saturated heterocycles. The fourth-order valence-corrected chi connectivity index (χ4v) is 7.75. The number of aliphatic hydroxyl groups excluding tert-OH is 11. The lowest BCUT2D eigenvalue weighted by molar-refractivity contribution is -0.328. The second-order valence-electron chi connectivity index (χ2n) is 15.5. The number of ether oxygens (including phenoxy) is 11. The summed E-state index contributed by atoms with van der Waals surface area (Å²) in [6, 6.07) is 0. The average molecular weight is 953 g/mol. The molecule has 5 aliphatic rings. The fraction of sp³-hybridized carbons (Fsp3) is 0.700. The Labute approximate surface area is 375 Å². The summed E-state index contributed by atoms with van der Waals surface area (Å²) >= 11 is 0. The smallest absolute Gasteiger partial charge is 0.337 e. The Kier molecular flexibility index (Phi) is 18.6. The Morgan fingerprint density at radius 1 is 0.545 bits per heavy atom. The molecule has 0 aromatic rings. The van der Waals surface area contributed by atoms with Crippen LogP contribution in [0.15, 0.2) is 47.0 Å². The van der Waals surface area contributed by atoms with Crippen molar-refractivity contribution in [2.75, 3.05) is 34.0 Å². The van der Waals surface area contributed by atoms with Gasteiger partial charge in [0.2, 0.25) is 18.9 Å². The number of hydrogen-bond donors (Lipinski definition) is 11. The molecule has 3 fully saturated rings. The standard InChI is InChI=1S/C40H56O26/c1-5-14-16(18(34(54)56-3)11-59-36(14)65-39-32(52)28(48)25(45)20(9-41)61-39)7-23(43)58-13-22-27(47)30(50)31(51)38(63-22)64-24(44)8-17-15(6-2)37(60-12-19(17)35(55)57-4)66-40-33(53)29(49)26(46)21(10-42)62-40/h5-6,11-12,16-17,20-22,25-33,36-42,45-53H,7-10,13H2,1-4H3/b14-5+,15-6+/t16-,17-,20+,21+,22+,25+,26+,27+,28-,29-,30-,31+,32+,33+,36-,37-,38-,39-,40-/m0/s1. The molecule has 5 heterocycles. The van der Waals surface area contributed by atoms with Gasteiger partial charge in [-0.25, -0.2) is 9.59 Å². The highest BCUT2D eigenvalue weighted by molar-refractivity contribution is 5.91. The van der Waals surface area contributed by atoms with Gasteiger partial charge in [0.1, 0.15) is 79.9 Å². The van der Waals surface area contributed by atoms with E-state index in [-0.39, 0.29) is 22.3 Å². The summed E-state index contributed by atoms with van der Waals surface area (Å²) < 4.78 is 59.3. The molecular formula is C40H56O26. The van der Waals surface area contributed by atoms with Crippen LogP contribution in [0.1, 0.15) is 26.7 Å². The number of esters is 4. The van der Waals surface area contributed by atoms with Gasteiger partial charge in [-0.2, -0.15) is 0 Å². The maximum atomic E-state index is 13.5. The molecule has 11 N–H and O–H groups in total.